The van der Waals surface area contributed by atoms with E-state index in [0.29, 0.717) is 0 Å². The summed E-state index contributed by atoms with van der Waals surface area (Å²) in [5.74, 6) is -1.47. The van der Waals surface area contributed by atoms with Gasteiger partial charge < -0.3 is 0 Å². The number of hydrogen-bond donors (Lipinski definition) is 0. The van der Waals surface area contributed by atoms with Crippen LogP contribution in [0, 0.1) is 5.92 Å². The highest BCUT2D eigenvalue weighted by atomic mass is 35.5. The number of rotatable bonds is 0. The Balaban J connectivity index is 2.63. The van der Waals surface area contributed by atoms with Gasteiger partial charge in [-0.05, 0) is 6.08 Å². The van der Waals surface area contributed by atoms with Gasteiger partial charge in [0.05, 0.1) is 12.5 Å². The SMILES string of the molecule is FC(F)(F)C1C=CC(Cl)=NC1. The van der Waals surface area contributed by atoms with E-state index in [-0.39, 0.29) is 11.7 Å². The number of aliphatic imine (C=N–C) groups is 1. The Morgan fingerprint density at radius 1 is 1.55 bits per heavy atom. The lowest BCUT2D eigenvalue weighted by Crippen LogP contribution is -2.25. The van der Waals surface area contributed by atoms with Gasteiger partial charge in [0, 0.05) is 0 Å². The van der Waals surface area contributed by atoms with Crippen molar-refractivity contribution < 1.29 is 13.2 Å². The molecule has 0 radical (unpaired) electrons. The zero-order valence-electron chi connectivity index (χ0n) is 5.40. The zero-order chi connectivity index (χ0) is 8.48. The highest BCUT2D eigenvalue weighted by Crippen LogP contribution is 2.29. The minimum atomic E-state index is -4.20. The Morgan fingerprint density at radius 3 is 2.55 bits per heavy atom. The summed E-state index contributed by atoms with van der Waals surface area (Å²) in [6.45, 7) is -0.293. The fourth-order valence-electron chi connectivity index (χ4n) is 0.707. The van der Waals surface area contributed by atoms with E-state index in [1.807, 2.05) is 0 Å². The van der Waals surface area contributed by atoms with Crippen molar-refractivity contribution >= 4 is 16.8 Å². The van der Waals surface area contributed by atoms with E-state index in [4.69, 9.17) is 11.6 Å². The number of hydrogen-bond acceptors (Lipinski definition) is 1. The van der Waals surface area contributed by atoms with Gasteiger partial charge in [-0.15, -0.1) is 0 Å². The van der Waals surface area contributed by atoms with Crippen molar-refractivity contribution in [2.75, 3.05) is 6.54 Å². The average molecular weight is 184 g/mol. The summed E-state index contributed by atoms with van der Waals surface area (Å²) in [6, 6.07) is 0. The first-order chi connectivity index (χ1) is 5.00. The summed E-state index contributed by atoms with van der Waals surface area (Å²) in [7, 11) is 0. The van der Waals surface area contributed by atoms with Gasteiger partial charge in [0.25, 0.3) is 0 Å². The molecule has 0 saturated heterocycles. The van der Waals surface area contributed by atoms with E-state index < -0.39 is 12.1 Å². The molecule has 0 N–H and O–H groups in total. The summed E-state index contributed by atoms with van der Waals surface area (Å²) in [6.07, 6.45) is -2.00. The third-order valence-electron chi connectivity index (χ3n) is 1.33. The topological polar surface area (TPSA) is 12.4 Å². The average Bonchev–Trinajstić information content (AvgIpc) is 1.86. The molecule has 0 aromatic rings. The number of dihydropyridines is 1. The largest absolute Gasteiger partial charge is 0.396 e. The summed E-state index contributed by atoms with van der Waals surface area (Å²) in [4.78, 5) is 3.45. The number of allylic oxidation sites excluding steroid dienone is 1. The Bertz CT molecular complexity index is 206. The summed E-state index contributed by atoms with van der Waals surface area (Å²) in [5.41, 5.74) is 0. The first-order valence-electron chi connectivity index (χ1n) is 2.95. The van der Waals surface area contributed by atoms with Crippen LogP contribution in [0.5, 0.6) is 0 Å². The predicted molar refractivity (Wildman–Crippen MR) is 36.8 cm³/mol. The van der Waals surface area contributed by atoms with Crippen molar-refractivity contribution in [3.63, 3.8) is 0 Å². The van der Waals surface area contributed by atoms with E-state index in [0.717, 1.165) is 6.08 Å². The normalized spacial score (nSPS) is 25.1. The quantitative estimate of drug-likeness (QED) is 0.547. The van der Waals surface area contributed by atoms with Crippen LogP contribution in [0.25, 0.3) is 0 Å². The summed E-state index contributed by atoms with van der Waals surface area (Å²) >= 11 is 5.33. The maximum Gasteiger partial charge on any atom is 0.396 e. The van der Waals surface area contributed by atoms with Gasteiger partial charge in [0.1, 0.15) is 5.17 Å². The predicted octanol–water partition coefficient (Wildman–Crippen LogP) is 2.37. The van der Waals surface area contributed by atoms with E-state index in [1.165, 1.54) is 6.08 Å². The van der Waals surface area contributed by atoms with Gasteiger partial charge >= 0.3 is 6.18 Å². The van der Waals surface area contributed by atoms with Gasteiger partial charge in [-0.25, -0.2) is 0 Å². The standard InChI is InChI=1S/C6H5ClF3N/c7-5-2-1-4(3-11-5)6(8,9)10/h1-2,4H,3H2. The van der Waals surface area contributed by atoms with Gasteiger partial charge in [-0.2, -0.15) is 13.2 Å². The van der Waals surface area contributed by atoms with E-state index in [2.05, 4.69) is 4.99 Å². The van der Waals surface area contributed by atoms with Crippen molar-refractivity contribution in [1.82, 2.24) is 0 Å². The molecule has 0 aliphatic carbocycles. The molecule has 0 spiro atoms. The van der Waals surface area contributed by atoms with Crippen LogP contribution in [-0.4, -0.2) is 17.9 Å². The molecule has 62 valence electrons. The van der Waals surface area contributed by atoms with Crippen molar-refractivity contribution in [3.05, 3.63) is 12.2 Å². The fourth-order valence-corrected chi connectivity index (χ4v) is 0.849. The maximum atomic E-state index is 11.9. The Labute approximate surface area is 66.6 Å². The number of halogens is 4. The lowest BCUT2D eigenvalue weighted by Gasteiger charge is -2.16. The summed E-state index contributed by atoms with van der Waals surface area (Å²) in [5, 5.41) is 0.130. The van der Waals surface area contributed by atoms with Crippen LogP contribution in [-0.2, 0) is 0 Å². The molecule has 1 atom stereocenters. The molecular formula is C6H5ClF3N. The Morgan fingerprint density at radius 2 is 2.18 bits per heavy atom. The molecule has 1 unspecified atom stereocenters. The third kappa shape index (κ3) is 2.22. The molecule has 1 aliphatic rings. The molecule has 0 saturated carbocycles. The molecule has 1 rings (SSSR count). The van der Waals surface area contributed by atoms with Gasteiger partial charge in [-0.3, -0.25) is 4.99 Å². The van der Waals surface area contributed by atoms with E-state index in [1.54, 1.807) is 0 Å². The molecule has 11 heavy (non-hydrogen) atoms. The molecular weight excluding hydrogens is 179 g/mol. The van der Waals surface area contributed by atoms with Crippen molar-refractivity contribution in [1.29, 1.82) is 0 Å². The lowest BCUT2D eigenvalue weighted by molar-refractivity contribution is -0.158. The van der Waals surface area contributed by atoms with Gasteiger partial charge in [0.2, 0.25) is 0 Å². The highest BCUT2D eigenvalue weighted by molar-refractivity contribution is 6.68. The van der Waals surface area contributed by atoms with Crippen LogP contribution < -0.4 is 0 Å². The molecule has 1 aliphatic heterocycles. The molecule has 0 fully saturated rings. The lowest BCUT2D eigenvalue weighted by atomic mass is 10.1. The van der Waals surface area contributed by atoms with Crippen LogP contribution in [0.4, 0.5) is 13.2 Å². The molecule has 5 heteroatoms. The Hall–Kier alpha value is -0.510. The molecule has 1 heterocycles. The second kappa shape index (κ2) is 2.85. The van der Waals surface area contributed by atoms with Crippen LogP contribution in [0.15, 0.2) is 17.1 Å². The van der Waals surface area contributed by atoms with Crippen LogP contribution in [0.1, 0.15) is 0 Å². The number of nitrogens with zero attached hydrogens (tertiary/aromatic N) is 1. The van der Waals surface area contributed by atoms with Crippen molar-refractivity contribution in [2.24, 2.45) is 10.9 Å². The van der Waals surface area contributed by atoms with E-state index >= 15 is 0 Å². The molecule has 0 aromatic carbocycles. The van der Waals surface area contributed by atoms with Crippen molar-refractivity contribution in [2.45, 2.75) is 6.18 Å². The van der Waals surface area contributed by atoms with E-state index in [9.17, 15) is 13.2 Å². The second-order valence-electron chi connectivity index (χ2n) is 2.17. The van der Waals surface area contributed by atoms with Gasteiger partial charge in [-0.1, -0.05) is 17.7 Å². The third-order valence-corrected chi connectivity index (χ3v) is 1.57. The van der Waals surface area contributed by atoms with Crippen LogP contribution in [0.3, 0.4) is 0 Å². The second-order valence-corrected chi connectivity index (χ2v) is 2.56. The first kappa shape index (κ1) is 8.59. The molecule has 0 bridgehead atoms. The molecule has 0 aromatic heterocycles. The monoisotopic (exact) mass is 183 g/mol. The summed E-state index contributed by atoms with van der Waals surface area (Å²) < 4.78 is 35.7. The first-order valence-corrected chi connectivity index (χ1v) is 3.33. The van der Waals surface area contributed by atoms with Crippen LogP contribution in [0.2, 0.25) is 0 Å². The maximum absolute atomic E-state index is 11.9. The zero-order valence-corrected chi connectivity index (χ0v) is 6.15. The minimum absolute atomic E-state index is 0.130. The fraction of sp³-hybridized carbons (Fsp3) is 0.500. The Kier molecular flexibility index (Phi) is 2.23. The van der Waals surface area contributed by atoms with Crippen LogP contribution >= 0.6 is 11.6 Å². The molecule has 0 amide bonds. The van der Waals surface area contributed by atoms with Crippen molar-refractivity contribution in [3.8, 4) is 0 Å². The molecule has 1 nitrogen and oxygen atoms in total. The smallest absolute Gasteiger partial charge is 0.272 e. The minimum Gasteiger partial charge on any atom is -0.272 e. The highest BCUT2D eigenvalue weighted by Gasteiger charge is 2.38. The number of alkyl halides is 3. The van der Waals surface area contributed by atoms with Gasteiger partial charge in [0.15, 0.2) is 0 Å².